The summed E-state index contributed by atoms with van der Waals surface area (Å²) in [7, 11) is 0. The number of rotatable bonds is 0. The van der Waals surface area contributed by atoms with Gasteiger partial charge in [-0.2, -0.15) is 0 Å². The van der Waals surface area contributed by atoms with Gasteiger partial charge in [-0.3, -0.25) is 13.4 Å². The highest BCUT2D eigenvalue weighted by Crippen LogP contribution is 2.42. The predicted octanol–water partition coefficient (Wildman–Crippen LogP) is 6.63. The lowest BCUT2D eigenvalue weighted by atomic mass is 10.1. The molecule has 0 amide bonds. The summed E-state index contributed by atoms with van der Waals surface area (Å²) in [6.07, 6.45) is 0. The first-order valence-electron chi connectivity index (χ1n) is 10.1. The van der Waals surface area contributed by atoms with Crippen molar-refractivity contribution in [1.82, 2.24) is 13.4 Å². The highest BCUT2D eigenvalue weighted by Gasteiger charge is 2.26. The van der Waals surface area contributed by atoms with E-state index in [0.29, 0.717) is 0 Å². The van der Waals surface area contributed by atoms with Gasteiger partial charge < -0.3 is 4.42 Å². The highest BCUT2D eigenvalue weighted by atomic mass is 16.3. The zero-order valence-electron chi connectivity index (χ0n) is 15.9. The molecule has 0 saturated carbocycles. The van der Waals surface area contributed by atoms with Gasteiger partial charge in [0, 0.05) is 5.39 Å². The number of hydrogen-bond acceptors (Lipinski definition) is 1. The van der Waals surface area contributed by atoms with Gasteiger partial charge in [0.15, 0.2) is 11.2 Å². The molecule has 0 unspecified atom stereocenters. The lowest BCUT2D eigenvalue weighted by Crippen LogP contribution is -2.07. The molecule has 140 valence electrons. The molecular weight excluding hydrogens is 370 g/mol. The van der Waals surface area contributed by atoms with Gasteiger partial charge in [0.1, 0.15) is 11.3 Å². The third-order valence-electron chi connectivity index (χ3n) is 6.39. The van der Waals surface area contributed by atoms with Gasteiger partial charge in [-0.1, -0.05) is 48.5 Å². The Kier molecular flexibility index (Phi) is 2.39. The molecule has 0 fully saturated rings. The lowest BCUT2D eigenvalue weighted by Gasteiger charge is -2.20. The predicted molar refractivity (Wildman–Crippen MR) is 121 cm³/mol. The van der Waals surface area contributed by atoms with Crippen molar-refractivity contribution in [2.24, 2.45) is 0 Å². The van der Waals surface area contributed by atoms with E-state index in [2.05, 4.69) is 92.2 Å². The Morgan fingerprint density at radius 2 is 1.10 bits per heavy atom. The maximum absolute atomic E-state index is 6.35. The highest BCUT2D eigenvalue weighted by molar-refractivity contribution is 6.13. The Morgan fingerprint density at radius 3 is 1.93 bits per heavy atom. The SMILES string of the molecule is c1ccc2c(c1)oc1cccc3c1-n2c1c2ccccc2n2c4ccccc4n3c12. The van der Waals surface area contributed by atoms with E-state index in [1.807, 2.05) is 12.1 Å². The van der Waals surface area contributed by atoms with E-state index < -0.39 is 0 Å². The molecule has 8 rings (SSSR count). The van der Waals surface area contributed by atoms with Crippen LogP contribution in [0.25, 0.3) is 61.0 Å². The summed E-state index contributed by atoms with van der Waals surface area (Å²) in [5.74, 6) is 0. The van der Waals surface area contributed by atoms with Gasteiger partial charge >= 0.3 is 0 Å². The van der Waals surface area contributed by atoms with Crippen molar-refractivity contribution in [2.45, 2.75) is 0 Å². The second-order valence-electron chi connectivity index (χ2n) is 7.88. The van der Waals surface area contributed by atoms with Crippen LogP contribution in [0.3, 0.4) is 0 Å². The third-order valence-corrected chi connectivity index (χ3v) is 6.39. The van der Waals surface area contributed by atoms with Crippen molar-refractivity contribution in [3.8, 4) is 5.69 Å². The van der Waals surface area contributed by atoms with E-state index in [9.17, 15) is 0 Å². The van der Waals surface area contributed by atoms with Crippen LogP contribution in [0, 0.1) is 0 Å². The normalized spacial score (nSPS) is 12.7. The van der Waals surface area contributed by atoms with Crippen LogP contribution in [-0.4, -0.2) is 13.4 Å². The van der Waals surface area contributed by atoms with E-state index in [4.69, 9.17) is 4.42 Å². The fraction of sp³-hybridized carbons (Fsp3) is 0. The van der Waals surface area contributed by atoms with Crippen molar-refractivity contribution in [2.75, 3.05) is 0 Å². The summed E-state index contributed by atoms with van der Waals surface area (Å²) in [5, 5.41) is 1.24. The van der Waals surface area contributed by atoms with Crippen molar-refractivity contribution in [3.63, 3.8) is 0 Å². The zero-order chi connectivity index (χ0) is 19.4. The Labute approximate surface area is 170 Å². The van der Waals surface area contributed by atoms with Crippen LogP contribution in [0.1, 0.15) is 0 Å². The summed E-state index contributed by atoms with van der Waals surface area (Å²) in [4.78, 5) is 0. The van der Waals surface area contributed by atoms with Gasteiger partial charge in [-0.25, -0.2) is 0 Å². The molecule has 30 heavy (non-hydrogen) atoms. The number of hydrogen-bond donors (Lipinski definition) is 0. The molecule has 2 aromatic heterocycles. The number of para-hydroxylation sites is 6. The average molecular weight is 385 g/mol. The molecular formula is C26H15N3O. The van der Waals surface area contributed by atoms with Crippen LogP contribution in [0.2, 0.25) is 0 Å². The van der Waals surface area contributed by atoms with Crippen molar-refractivity contribution in [1.29, 1.82) is 0 Å². The van der Waals surface area contributed by atoms with E-state index >= 15 is 0 Å². The molecule has 2 aliphatic rings. The molecule has 0 bridgehead atoms. The average Bonchev–Trinajstić information content (AvgIpc) is 3.32. The quantitative estimate of drug-likeness (QED) is 0.213. The van der Waals surface area contributed by atoms with Gasteiger partial charge in [-0.05, 0) is 42.5 Å². The standard InChI is InChI=1S/C26H15N3O/c1-2-9-17-16(8-1)24-26-27(17)18-10-3-4-11-19(18)28(26)21-13-7-15-23-25(21)29(24)20-12-5-6-14-22(20)30-23/h1-15H. The molecule has 0 N–H and O–H groups in total. The topological polar surface area (TPSA) is 26.9 Å². The largest absolute Gasteiger partial charge is 0.453 e. The zero-order valence-corrected chi connectivity index (χ0v) is 15.9. The maximum atomic E-state index is 6.35. The van der Waals surface area contributed by atoms with E-state index in [1.165, 1.54) is 33.1 Å². The molecule has 6 aromatic rings. The molecule has 0 saturated heterocycles. The molecule has 4 nitrogen and oxygen atoms in total. The van der Waals surface area contributed by atoms with Crippen LogP contribution < -0.4 is 0 Å². The van der Waals surface area contributed by atoms with Crippen molar-refractivity contribution >= 4 is 55.3 Å². The number of fused-ring (bicyclic) bond motifs is 10. The summed E-state index contributed by atoms with van der Waals surface area (Å²) in [6.45, 7) is 0. The first-order valence-corrected chi connectivity index (χ1v) is 10.1. The van der Waals surface area contributed by atoms with E-state index in [1.54, 1.807) is 0 Å². The van der Waals surface area contributed by atoms with Gasteiger partial charge in [0.25, 0.3) is 0 Å². The fourth-order valence-electron chi connectivity index (χ4n) is 5.28. The van der Waals surface area contributed by atoms with Crippen LogP contribution in [-0.2, 0) is 0 Å². The Bertz CT molecular complexity index is 1910. The van der Waals surface area contributed by atoms with E-state index in [0.717, 1.165) is 27.9 Å². The molecule has 0 atom stereocenters. The molecule has 4 aromatic carbocycles. The van der Waals surface area contributed by atoms with Gasteiger partial charge in [-0.15, -0.1) is 0 Å². The molecule has 0 radical (unpaired) electrons. The first-order chi connectivity index (χ1) is 14.9. The molecule has 4 heterocycles. The fourth-order valence-corrected chi connectivity index (χ4v) is 5.28. The monoisotopic (exact) mass is 385 g/mol. The van der Waals surface area contributed by atoms with Gasteiger partial charge in [0.2, 0.25) is 0 Å². The number of benzene rings is 4. The van der Waals surface area contributed by atoms with Crippen molar-refractivity contribution < 1.29 is 4.42 Å². The maximum Gasteiger partial charge on any atom is 0.153 e. The summed E-state index contributed by atoms with van der Waals surface area (Å²) < 4.78 is 13.5. The third kappa shape index (κ3) is 1.50. The molecule has 2 aliphatic heterocycles. The number of nitrogens with zero attached hydrogens (tertiary/aromatic N) is 3. The number of imidazole rings is 1. The number of aromatic nitrogens is 3. The van der Waals surface area contributed by atoms with Gasteiger partial charge in [0.05, 0.1) is 33.1 Å². The van der Waals surface area contributed by atoms with Crippen LogP contribution in [0.4, 0.5) is 0 Å². The second-order valence-corrected chi connectivity index (χ2v) is 7.88. The Morgan fingerprint density at radius 1 is 0.500 bits per heavy atom. The minimum atomic E-state index is 0.884. The molecule has 0 aliphatic carbocycles. The summed E-state index contributed by atoms with van der Waals surface area (Å²) in [5.41, 5.74) is 11.1. The second kappa shape index (κ2) is 4.86. The smallest absolute Gasteiger partial charge is 0.153 e. The first kappa shape index (κ1) is 14.8. The minimum absolute atomic E-state index is 0.884. The summed E-state index contributed by atoms with van der Waals surface area (Å²) in [6, 6.07) is 32.0. The lowest BCUT2D eigenvalue weighted by molar-refractivity contribution is 0.647. The molecule has 0 spiro atoms. The summed E-state index contributed by atoms with van der Waals surface area (Å²) >= 11 is 0. The Hall–Kier alpha value is -4.18. The van der Waals surface area contributed by atoms with E-state index in [-0.39, 0.29) is 0 Å². The molecule has 4 heteroatoms. The van der Waals surface area contributed by atoms with Crippen LogP contribution in [0.15, 0.2) is 95.4 Å². The Balaban J connectivity index is 1.90. The van der Waals surface area contributed by atoms with Crippen molar-refractivity contribution in [3.05, 3.63) is 91.0 Å². The minimum Gasteiger partial charge on any atom is -0.453 e. The van der Waals surface area contributed by atoms with Crippen LogP contribution in [0.5, 0.6) is 0 Å². The van der Waals surface area contributed by atoms with Crippen LogP contribution >= 0.6 is 0 Å².